The van der Waals surface area contributed by atoms with Gasteiger partial charge in [-0.25, -0.2) is 4.39 Å². The van der Waals surface area contributed by atoms with Crippen molar-refractivity contribution in [2.45, 2.75) is 19.1 Å². The SMILES string of the molecule is NCc1cccc(Cl)c1OCC1Cc2cc(F)ccc2O1. The Bertz CT molecular complexity index is 663. The summed E-state index contributed by atoms with van der Waals surface area (Å²) in [4.78, 5) is 0. The van der Waals surface area contributed by atoms with Gasteiger partial charge in [0.1, 0.15) is 30.0 Å². The largest absolute Gasteiger partial charge is 0.488 e. The molecule has 1 atom stereocenters. The second kappa shape index (κ2) is 5.92. The molecule has 1 heterocycles. The van der Waals surface area contributed by atoms with Crippen molar-refractivity contribution in [2.75, 3.05) is 6.61 Å². The van der Waals surface area contributed by atoms with Crippen molar-refractivity contribution in [3.05, 3.63) is 58.4 Å². The van der Waals surface area contributed by atoms with Crippen molar-refractivity contribution < 1.29 is 13.9 Å². The quantitative estimate of drug-likeness (QED) is 0.942. The highest BCUT2D eigenvalue weighted by molar-refractivity contribution is 6.32. The Hall–Kier alpha value is -1.78. The summed E-state index contributed by atoms with van der Waals surface area (Å²) in [6.45, 7) is 0.694. The van der Waals surface area contributed by atoms with Gasteiger partial charge >= 0.3 is 0 Å². The molecule has 0 spiro atoms. The van der Waals surface area contributed by atoms with Gasteiger partial charge in [0.05, 0.1) is 5.02 Å². The van der Waals surface area contributed by atoms with E-state index in [4.69, 9.17) is 26.8 Å². The molecule has 2 aromatic rings. The van der Waals surface area contributed by atoms with Crippen LogP contribution in [-0.4, -0.2) is 12.7 Å². The minimum Gasteiger partial charge on any atom is -0.488 e. The summed E-state index contributed by atoms with van der Waals surface area (Å²) in [7, 11) is 0. The molecule has 0 aliphatic carbocycles. The van der Waals surface area contributed by atoms with Gasteiger partial charge in [0.15, 0.2) is 0 Å². The molecule has 21 heavy (non-hydrogen) atoms. The first-order chi connectivity index (χ1) is 10.2. The number of hydrogen-bond donors (Lipinski definition) is 1. The summed E-state index contributed by atoms with van der Waals surface area (Å²) < 4.78 is 24.7. The molecular formula is C16H15ClFNO2. The van der Waals surface area contributed by atoms with Gasteiger partial charge in [-0.15, -0.1) is 0 Å². The standard InChI is InChI=1S/C16H15ClFNO2/c17-14-3-1-2-10(8-19)16(14)20-9-13-7-11-6-12(18)4-5-15(11)21-13/h1-6,13H,7-9,19H2. The maximum atomic E-state index is 13.2. The number of halogens is 2. The molecule has 0 radical (unpaired) electrons. The topological polar surface area (TPSA) is 44.5 Å². The maximum Gasteiger partial charge on any atom is 0.142 e. The van der Waals surface area contributed by atoms with Crippen LogP contribution in [-0.2, 0) is 13.0 Å². The Morgan fingerprint density at radius 2 is 2.19 bits per heavy atom. The Labute approximate surface area is 127 Å². The van der Waals surface area contributed by atoms with Crippen molar-refractivity contribution in [2.24, 2.45) is 5.73 Å². The lowest BCUT2D eigenvalue weighted by atomic mass is 10.1. The van der Waals surface area contributed by atoms with Gasteiger partial charge in [-0.05, 0) is 24.3 Å². The molecule has 3 nitrogen and oxygen atoms in total. The van der Waals surface area contributed by atoms with Crippen LogP contribution in [0.4, 0.5) is 4.39 Å². The number of ether oxygens (including phenoxy) is 2. The van der Waals surface area contributed by atoms with Crippen molar-refractivity contribution in [3.8, 4) is 11.5 Å². The van der Waals surface area contributed by atoms with E-state index in [0.29, 0.717) is 36.1 Å². The van der Waals surface area contributed by atoms with E-state index in [2.05, 4.69) is 0 Å². The zero-order valence-corrected chi connectivity index (χ0v) is 12.1. The van der Waals surface area contributed by atoms with E-state index in [1.54, 1.807) is 12.1 Å². The Balaban J connectivity index is 1.68. The van der Waals surface area contributed by atoms with Crippen LogP contribution in [0.2, 0.25) is 5.02 Å². The van der Waals surface area contributed by atoms with Gasteiger partial charge < -0.3 is 15.2 Å². The second-order valence-corrected chi connectivity index (χ2v) is 5.35. The highest BCUT2D eigenvalue weighted by Crippen LogP contribution is 2.32. The molecule has 0 saturated heterocycles. The van der Waals surface area contributed by atoms with E-state index in [0.717, 1.165) is 11.1 Å². The normalized spacial score (nSPS) is 16.4. The van der Waals surface area contributed by atoms with Gasteiger partial charge in [-0.1, -0.05) is 23.7 Å². The summed E-state index contributed by atoms with van der Waals surface area (Å²) in [5.74, 6) is 1.05. The molecule has 110 valence electrons. The van der Waals surface area contributed by atoms with Gasteiger partial charge in [-0.2, -0.15) is 0 Å². The Morgan fingerprint density at radius 3 is 3.00 bits per heavy atom. The molecule has 3 rings (SSSR count). The Morgan fingerprint density at radius 1 is 1.33 bits per heavy atom. The number of rotatable bonds is 4. The Kier molecular flexibility index (Phi) is 3.99. The number of benzene rings is 2. The van der Waals surface area contributed by atoms with E-state index >= 15 is 0 Å². The number of hydrogen-bond acceptors (Lipinski definition) is 3. The lowest BCUT2D eigenvalue weighted by molar-refractivity contribution is 0.148. The number of para-hydroxylation sites is 1. The van der Waals surface area contributed by atoms with Crippen molar-refractivity contribution in [1.82, 2.24) is 0 Å². The van der Waals surface area contributed by atoms with Gasteiger partial charge in [-0.3, -0.25) is 0 Å². The van der Waals surface area contributed by atoms with Crippen molar-refractivity contribution in [1.29, 1.82) is 0 Å². The molecule has 2 N–H and O–H groups in total. The van der Waals surface area contributed by atoms with E-state index in [1.165, 1.54) is 12.1 Å². The molecule has 1 aliphatic heterocycles. The fraction of sp³-hybridized carbons (Fsp3) is 0.250. The molecule has 1 unspecified atom stereocenters. The zero-order chi connectivity index (χ0) is 14.8. The van der Waals surface area contributed by atoms with Crippen LogP contribution in [0, 0.1) is 5.82 Å². The van der Waals surface area contributed by atoms with Crippen LogP contribution in [0.15, 0.2) is 36.4 Å². The van der Waals surface area contributed by atoms with Crippen molar-refractivity contribution >= 4 is 11.6 Å². The smallest absolute Gasteiger partial charge is 0.142 e. The molecule has 0 fully saturated rings. The molecule has 0 amide bonds. The third-order valence-corrected chi connectivity index (χ3v) is 3.74. The summed E-state index contributed by atoms with van der Waals surface area (Å²) in [6, 6.07) is 10.0. The van der Waals surface area contributed by atoms with E-state index in [1.807, 2.05) is 12.1 Å². The monoisotopic (exact) mass is 307 g/mol. The minimum absolute atomic E-state index is 0.149. The van der Waals surface area contributed by atoms with Gasteiger partial charge in [0.25, 0.3) is 0 Å². The average Bonchev–Trinajstić information content (AvgIpc) is 2.87. The van der Waals surface area contributed by atoms with Crippen LogP contribution in [0.5, 0.6) is 11.5 Å². The summed E-state index contributed by atoms with van der Waals surface area (Å²) in [5.41, 5.74) is 7.39. The fourth-order valence-electron chi connectivity index (χ4n) is 2.43. The van der Waals surface area contributed by atoms with Crippen LogP contribution in [0.25, 0.3) is 0 Å². The van der Waals surface area contributed by atoms with Crippen molar-refractivity contribution in [3.63, 3.8) is 0 Å². The van der Waals surface area contributed by atoms with Crippen LogP contribution < -0.4 is 15.2 Å². The van der Waals surface area contributed by atoms with Crippen LogP contribution in [0.1, 0.15) is 11.1 Å². The molecule has 0 bridgehead atoms. The maximum absolute atomic E-state index is 13.2. The first-order valence-electron chi connectivity index (χ1n) is 6.72. The molecular weight excluding hydrogens is 293 g/mol. The zero-order valence-electron chi connectivity index (χ0n) is 11.3. The first-order valence-corrected chi connectivity index (χ1v) is 7.10. The predicted molar refractivity (Wildman–Crippen MR) is 79.4 cm³/mol. The molecule has 2 aromatic carbocycles. The number of nitrogens with two attached hydrogens (primary N) is 1. The predicted octanol–water partition coefficient (Wildman–Crippen LogP) is 3.32. The second-order valence-electron chi connectivity index (χ2n) is 4.94. The van der Waals surface area contributed by atoms with E-state index < -0.39 is 0 Å². The summed E-state index contributed by atoms with van der Waals surface area (Å²) >= 11 is 6.13. The van der Waals surface area contributed by atoms with Crippen LogP contribution >= 0.6 is 11.6 Å². The fourth-order valence-corrected chi connectivity index (χ4v) is 2.68. The van der Waals surface area contributed by atoms with Gasteiger partial charge in [0, 0.05) is 24.1 Å². The van der Waals surface area contributed by atoms with E-state index in [9.17, 15) is 4.39 Å². The highest BCUT2D eigenvalue weighted by atomic mass is 35.5. The lowest BCUT2D eigenvalue weighted by Crippen LogP contribution is -2.23. The number of fused-ring (bicyclic) bond motifs is 1. The third kappa shape index (κ3) is 2.96. The van der Waals surface area contributed by atoms with E-state index in [-0.39, 0.29) is 11.9 Å². The average molecular weight is 308 g/mol. The molecule has 1 aliphatic rings. The van der Waals surface area contributed by atoms with Crippen LogP contribution in [0.3, 0.4) is 0 Å². The first kappa shape index (κ1) is 14.2. The highest BCUT2D eigenvalue weighted by Gasteiger charge is 2.24. The minimum atomic E-state index is -0.254. The summed E-state index contributed by atoms with van der Waals surface area (Å²) in [6.07, 6.45) is 0.471. The third-order valence-electron chi connectivity index (χ3n) is 3.45. The van der Waals surface area contributed by atoms with Gasteiger partial charge in [0.2, 0.25) is 0 Å². The molecule has 0 saturated carbocycles. The lowest BCUT2D eigenvalue weighted by Gasteiger charge is -2.15. The summed E-state index contributed by atoms with van der Waals surface area (Å²) in [5, 5.41) is 0.527. The molecule has 0 aromatic heterocycles. The molecule has 5 heteroatoms.